The summed E-state index contributed by atoms with van der Waals surface area (Å²) in [5, 5.41) is 9.55. The topological polar surface area (TPSA) is 86.7 Å². The molecule has 1 heterocycles. The van der Waals surface area contributed by atoms with Gasteiger partial charge in [0.05, 0.1) is 17.5 Å². The Balaban J connectivity index is 2.13. The average Bonchev–Trinajstić information content (AvgIpc) is 2.99. The Kier molecular flexibility index (Phi) is 5.99. The Morgan fingerprint density at radius 1 is 1.46 bits per heavy atom. The summed E-state index contributed by atoms with van der Waals surface area (Å²) >= 11 is 0. The van der Waals surface area contributed by atoms with Crippen LogP contribution in [0.2, 0.25) is 0 Å². The highest BCUT2D eigenvalue weighted by Crippen LogP contribution is 2.24. The van der Waals surface area contributed by atoms with Crippen LogP contribution < -0.4 is 4.72 Å². The molecule has 0 unspecified atom stereocenters. The first-order valence-corrected chi connectivity index (χ1v) is 9.35. The second kappa shape index (κ2) is 7.79. The van der Waals surface area contributed by atoms with Gasteiger partial charge in [-0.2, -0.15) is 4.72 Å². The summed E-state index contributed by atoms with van der Waals surface area (Å²) in [6, 6.07) is 5.82. The fourth-order valence-corrected chi connectivity index (χ4v) is 3.84. The number of sulfonamides is 1. The van der Waals surface area contributed by atoms with Crippen molar-refractivity contribution in [2.75, 3.05) is 13.1 Å². The molecule has 0 bridgehead atoms. The van der Waals surface area contributed by atoms with Crippen LogP contribution in [-0.4, -0.2) is 49.6 Å². The van der Waals surface area contributed by atoms with Crippen LogP contribution in [0.4, 0.5) is 0 Å². The number of carbonyl (C=O) groups excluding carboxylic acids is 1. The van der Waals surface area contributed by atoms with Gasteiger partial charge < -0.3 is 10.0 Å². The van der Waals surface area contributed by atoms with Gasteiger partial charge in [0.2, 0.25) is 10.0 Å². The second-order valence-corrected chi connectivity index (χ2v) is 7.70. The van der Waals surface area contributed by atoms with E-state index in [0.717, 1.165) is 12.8 Å². The summed E-state index contributed by atoms with van der Waals surface area (Å²) in [5.74, 6) is 2.07. The maximum Gasteiger partial charge on any atom is 0.254 e. The molecular formula is C17H22N2O4S. The molecule has 1 saturated heterocycles. The van der Waals surface area contributed by atoms with E-state index in [2.05, 4.69) is 10.6 Å². The predicted octanol–water partition coefficient (Wildman–Crippen LogP) is 0.974. The molecule has 0 aromatic heterocycles. The number of likely N-dealkylation sites (tertiary alicyclic amines) is 1. The zero-order valence-corrected chi connectivity index (χ0v) is 14.4. The monoisotopic (exact) mass is 350 g/mol. The highest BCUT2D eigenvalue weighted by Gasteiger charge is 2.30. The van der Waals surface area contributed by atoms with Gasteiger partial charge in [-0.1, -0.05) is 5.92 Å². The number of nitrogens with one attached hydrogen (secondary N) is 1. The molecule has 1 aliphatic rings. The maximum atomic E-state index is 12.6. The number of aliphatic hydroxyl groups excluding tert-OH is 1. The van der Waals surface area contributed by atoms with Crippen molar-refractivity contribution in [1.82, 2.24) is 9.62 Å². The lowest BCUT2D eigenvalue weighted by atomic mass is 10.1. The van der Waals surface area contributed by atoms with E-state index in [1.54, 1.807) is 11.8 Å². The summed E-state index contributed by atoms with van der Waals surface area (Å²) in [4.78, 5) is 14.4. The summed E-state index contributed by atoms with van der Waals surface area (Å²) in [7, 11) is -3.66. The van der Waals surface area contributed by atoms with Crippen LogP contribution in [0, 0.1) is 12.3 Å². The van der Waals surface area contributed by atoms with Crippen LogP contribution in [0.25, 0.3) is 0 Å². The van der Waals surface area contributed by atoms with Crippen molar-refractivity contribution in [2.45, 2.75) is 43.2 Å². The Morgan fingerprint density at radius 3 is 2.71 bits per heavy atom. The van der Waals surface area contributed by atoms with Crippen LogP contribution in [0.5, 0.6) is 0 Å². The second-order valence-electron chi connectivity index (χ2n) is 5.93. The molecule has 0 aliphatic carbocycles. The maximum absolute atomic E-state index is 12.6. The van der Waals surface area contributed by atoms with Crippen LogP contribution >= 0.6 is 0 Å². The highest BCUT2D eigenvalue weighted by molar-refractivity contribution is 7.89. The fraction of sp³-hybridized carbons (Fsp3) is 0.471. The molecule has 130 valence electrons. The summed E-state index contributed by atoms with van der Waals surface area (Å²) in [6.07, 6.45) is 6.92. The van der Waals surface area contributed by atoms with E-state index in [-0.39, 0.29) is 23.4 Å². The van der Waals surface area contributed by atoms with Crippen molar-refractivity contribution in [3.05, 3.63) is 29.8 Å². The predicted molar refractivity (Wildman–Crippen MR) is 90.8 cm³/mol. The first kappa shape index (κ1) is 18.5. The van der Waals surface area contributed by atoms with Gasteiger partial charge in [0, 0.05) is 18.2 Å². The van der Waals surface area contributed by atoms with E-state index in [1.807, 2.05) is 0 Å². The Labute approximate surface area is 142 Å². The lowest BCUT2D eigenvalue weighted by Gasteiger charge is -2.25. The van der Waals surface area contributed by atoms with Crippen LogP contribution in [0.3, 0.4) is 0 Å². The first-order chi connectivity index (χ1) is 11.3. The van der Waals surface area contributed by atoms with Crippen LogP contribution in [-0.2, 0) is 10.0 Å². The fourth-order valence-electron chi connectivity index (χ4n) is 2.90. The van der Waals surface area contributed by atoms with Gasteiger partial charge in [-0.3, -0.25) is 4.79 Å². The number of hydrogen-bond acceptors (Lipinski definition) is 4. The lowest BCUT2D eigenvalue weighted by Crippen LogP contribution is -2.37. The third-order valence-corrected chi connectivity index (χ3v) is 5.44. The van der Waals surface area contributed by atoms with Gasteiger partial charge in [-0.15, -0.1) is 6.42 Å². The standard InChI is InChI=1S/C17H22N2O4S/c1-3-10-18-24(22,23)16-8-6-14(7-9-16)17(21)19-11-4-5-15(19)12-13(2)20/h1,6-9,13,15,18,20H,4-5,10-12H2,2H3/t13-,15-/m0/s1. The third-order valence-electron chi connectivity index (χ3n) is 4.03. The van der Waals surface area contributed by atoms with Gasteiger partial charge in [0.15, 0.2) is 0 Å². The van der Waals surface area contributed by atoms with Gasteiger partial charge in [-0.25, -0.2) is 8.42 Å². The number of nitrogens with zero attached hydrogens (tertiary/aromatic N) is 1. The zero-order valence-electron chi connectivity index (χ0n) is 13.6. The number of rotatable bonds is 6. The van der Waals surface area contributed by atoms with E-state index in [4.69, 9.17) is 6.42 Å². The van der Waals surface area contributed by atoms with E-state index in [1.165, 1.54) is 24.3 Å². The molecule has 6 nitrogen and oxygen atoms in total. The minimum absolute atomic E-state index is 0.0261. The average molecular weight is 350 g/mol. The molecule has 0 radical (unpaired) electrons. The molecule has 24 heavy (non-hydrogen) atoms. The van der Waals surface area contributed by atoms with Gasteiger partial charge in [0.1, 0.15) is 0 Å². The Morgan fingerprint density at radius 2 is 2.12 bits per heavy atom. The number of carbonyl (C=O) groups is 1. The molecule has 1 aromatic carbocycles. The largest absolute Gasteiger partial charge is 0.393 e. The number of amides is 1. The van der Waals surface area contributed by atoms with Crippen molar-refractivity contribution in [3.8, 4) is 12.3 Å². The van der Waals surface area contributed by atoms with Crippen molar-refractivity contribution in [3.63, 3.8) is 0 Å². The van der Waals surface area contributed by atoms with E-state index >= 15 is 0 Å². The van der Waals surface area contributed by atoms with Crippen LogP contribution in [0.15, 0.2) is 29.2 Å². The first-order valence-electron chi connectivity index (χ1n) is 7.87. The molecule has 1 fully saturated rings. The molecule has 1 amide bonds. The van der Waals surface area contributed by atoms with Crippen molar-refractivity contribution in [1.29, 1.82) is 0 Å². The number of terminal acetylenes is 1. The molecule has 2 atom stereocenters. The minimum atomic E-state index is -3.66. The molecule has 1 aromatic rings. The highest BCUT2D eigenvalue weighted by atomic mass is 32.2. The minimum Gasteiger partial charge on any atom is -0.393 e. The Bertz CT molecular complexity index is 720. The van der Waals surface area contributed by atoms with E-state index in [9.17, 15) is 18.3 Å². The quantitative estimate of drug-likeness (QED) is 0.749. The van der Waals surface area contributed by atoms with Crippen molar-refractivity contribution in [2.24, 2.45) is 0 Å². The molecule has 7 heteroatoms. The van der Waals surface area contributed by atoms with Crippen molar-refractivity contribution < 1.29 is 18.3 Å². The summed E-state index contributed by atoms with van der Waals surface area (Å²) in [5.41, 5.74) is 0.434. The SMILES string of the molecule is C#CCNS(=O)(=O)c1ccc(C(=O)N2CCC[C@H]2C[C@H](C)O)cc1. The summed E-state index contributed by atoms with van der Waals surface area (Å²) < 4.78 is 26.2. The molecular weight excluding hydrogens is 328 g/mol. The number of hydrogen-bond donors (Lipinski definition) is 2. The van der Waals surface area contributed by atoms with Gasteiger partial charge in [0.25, 0.3) is 5.91 Å². The normalized spacial score (nSPS) is 19.0. The molecule has 1 aliphatic heterocycles. The smallest absolute Gasteiger partial charge is 0.254 e. The zero-order chi connectivity index (χ0) is 17.7. The molecule has 2 rings (SSSR count). The van der Waals surface area contributed by atoms with E-state index < -0.39 is 16.1 Å². The molecule has 0 spiro atoms. The Hall–Kier alpha value is -1.88. The molecule has 2 N–H and O–H groups in total. The van der Waals surface area contributed by atoms with Crippen LogP contribution in [0.1, 0.15) is 36.5 Å². The third kappa shape index (κ3) is 4.35. The van der Waals surface area contributed by atoms with Gasteiger partial charge >= 0.3 is 0 Å². The van der Waals surface area contributed by atoms with Crippen molar-refractivity contribution >= 4 is 15.9 Å². The lowest BCUT2D eigenvalue weighted by molar-refractivity contribution is 0.0682. The number of aliphatic hydroxyl groups is 1. The van der Waals surface area contributed by atoms with E-state index in [0.29, 0.717) is 18.5 Å². The molecule has 0 saturated carbocycles. The summed E-state index contributed by atoms with van der Waals surface area (Å²) in [6.45, 7) is 2.28. The number of benzene rings is 1. The van der Waals surface area contributed by atoms with Gasteiger partial charge in [-0.05, 0) is 50.5 Å².